The molecule has 1 aliphatic heterocycles. The molecule has 0 amide bonds. The van der Waals surface area contributed by atoms with E-state index in [9.17, 15) is 4.79 Å². The number of carboxylic acids is 1. The van der Waals surface area contributed by atoms with Crippen LogP contribution in [0, 0.1) is 0 Å². The van der Waals surface area contributed by atoms with Gasteiger partial charge in [0.2, 0.25) is 0 Å². The van der Waals surface area contributed by atoms with Crippen LogP contribution in [0.3, 0.4) is 0 Å². The first-order valence-electron chi connectivity index (χ1n) is 2.44. The van der Waals surface area contributed by atoms with Crippen molar-refractivity contribution in [2.24, 2.45) is 0 Å². The van der Waals surface area contributed by atoms with E-state index in [4.69, 9.17) is 5.11 Å². The van der Waals surface area contributed by atoms with Crippen molar-refractivity contribution in [1.29, 1.82) is 0 Å². The first kappa shape index (κ1) is 9.01. The molecule has 0 fully saturated rings. The maximum absolute atomic E-state index is 10.1. The van der Waals surface area contributed by atoms with Crippen LogP contribution < -0.4 is 5.32 Å². The van der Waals surface area contributed by atoms with E-state index in [1.165, 1.54) is 0 Å². The van der Waals surface area contributed by atoms with E-state index in [1.54, 1.807) is 12.3 Å². The van der Waals surface area contributed by atoms with E-state index in [0.717, 1.165) is 0 Å². The van der Waals surface area contributed by atoms with Crippen molar-refractivity contribution in [1.82, 2.24) is 5.32 Å². The van der Waals surface area contributed by atoms with Gasteiger partial charge < -0.3 is 10.4 Å². The Bertz CT molecular complexity index is 127. The van der Waals surface area contributed by atoms with Crippen molar-refractivity contribution in [2.45, 2.75) is 12.5 Å². The molecule has 0 aromatic heterocycles. The third-order valence-electron chi connectivity index (χ3n) is 1.09. The number of hydrogen-bond acceptors (Lipinski definition) is 2. The zero-order valence-electron chi connectivity index (χ0n) is 4.29. The number of nitrogens with one attached hydrogen (secondary N) is 1. The number of hydrogen-bond donors (Lipinski definition) is 2. The average Bonchev–Trinajstić information content (AvgIpc) is 2.12. The molecule has 0 saturated carbocycles. The van der Waals surface area contributed by atoms with Gasteiger partial charge in [-0.15, -0.1) is 0 Å². The number of carbonyl (C=O) groups is 1. The van der Waals surface area contributed by atoms with Gasteiger partial charge in [-0.25, -0.2) is 4.79 Å². The molecule has 0 bridgehead atoms. The summed E-state index contributed by atoms with van der Waals surface area (Å²) in [6.07, 6.45) is 4.08. The van der Waals surface area contributed by atoms with Crippen molar-refractivity contribution in [2.75, 3.05) is 0 Å². The molecule has 1 aliphatic rings. The van der Waals surface area contributed by atoms with Crippen LogP contribution in [0.4, 0.5) is 0 Å². The number of rotatable bonds is 1. The van der Waals surface area contributed by atoms with E-state index in [-0.39, 0.29) is 35.6 Å². The molecule has 0 aromatic rings. The van der Waals surface area contributed by atoms with Gasteiger partial charge in [0, 0.05) is 0 Å². The van der Waals surface area contributed by atoms with Crippen molar-refractivity contribution in [3.63, 3.8) is 0 Å². The number of aliphatic carboxylic acids is 1. The topological polar surface area (TPSA) is 49.3 Å². The molecule has 2 N–H and O–H groups in total. The molecule has 1 rings (SSSR count). The Hall–Kier alpha value is 0.0100. The molecule has 46 valence electrons. The van der Waals surface area contributed by atoms with Crippen LogP contribution in [0.25, 0.3) is 0 Å². The second kappa shape index (κ2) is 3.93. The summed E-state index contributed by atoms with van der Waals surface area (Å²) in [6.45, 7) is 0. The van der Waals surface area contributed by atoms with Crippen LogP contribution in [0.5, 0.6) is 0 Å². The Kier molecular flexibility index (Phi) is 3.93. The van der Waals surface area contributed by atoms with Crippen LogP contribution in [0.2, 0.25) is 0 Å². The predicted molar refractivity (Wildman–Crippen MR) is 35.5 cm³/mol. The Morgan fingerprint density at radius 1 is 1.78 bits per heavy atom. The van der Waals surface area contributed by atoms with Crippen molar-refractivity contribution < 1.29 is 9.90 Å². The minimum atomic E-state index is -0.782. The summed E-state index contributed by atoms with van der Waals surface area (Å²) in [6, 6.07) is -0.380. The zero-order chi connectivity index (χ0) is 5.98. The molecule has 0 radical (unpaired) electrons. The molecule has 1 unspecified atom stereocenters. The van der Waals surface area contributed by atoms with Gasteiger partial charge in [-0.3, -0.25) is 0 Å². The van der Waals surface area contributed by atoms with Crippen LogP contribution in [0.15, 0.2) is 12.3 Å². The average molecular weight is 137 g/mol. The van der Waals surface area contributed by atoms with Gasteiger partial charge in [0.1, 0.15) is 6.04 Å². The quantitative estimate of drug-likeness (QED) is 0.470. The van der Waals surface area contributed by atoms with Crippen LogP contribution in [-0.4, -0.2) is 46.7 Å². The summed E-state index contributed by atoms with van der Waals surface area (Å²) in [7, 11) is 0. The van der Waals surface area contributed by atoms with E-state index in [1.807, 2.05) is 0 Å². The van der Waals surface area contributed by atoms with Crippen LogP contribution >= 0.6 is 0 Å². The van der Waals surface area contributed by atoms with Gasteiger partial charge in [0.15, 0.2) is 0 Å². The molecule has 3 nitrogen and oxygen atoms in total. The first-order chi connectivity index (χ1) is 3.80. The fourth-order valence-corrected chi connectivity index (χ4v) is 0.628. The SMILES string of the molecule is O=C(O)C1CC=CN1.[NaH]. The van der Waals surface area contributed by atoms with E-state index in [2.05, 4.69) is 5.32 Å². The van der Waals surface area contributed by atoms with Gasteiger partial charge in [0.05, 0.1) is 0 Å². The molecule has 9 heavy (non-hydrogen) atoms. The Balaban J connectivity index is 0.000000640. The molecule has 0 aliphatic carbocycles. The van der Waals surface area contributed by atoms with Gasteiger partial charge in [-0.2, -0.15) is 0 Å². The Morgan fingerprint density at radius 3 is 2.67 bits per heavy atom. The summed E-state index contributed by atoms with van der Waals surface area (Å²) >= 11 is 0. The van der Waals surface area contributed by atoms with Crippen molar-refractivity contribution in [3.05, 3.63) is 12.3 Å². The predicted octanol–water partition coefficient (Wildman–Crippen LogP) is -0.702. The van der Waals surface area contributed by atoms with Gasteiger partial charge >= 0.3 is 35.5 Å². The second-order valence-corrected chi connectivity index (χ2v) is 1.70. The summed E-state index contributed by atoms with van der Waals surface area (Å²) in [5.74, 6) is -0.782. The van der Waals surface area contributed by atoms with Gasteiger partial charge in [-0.05, 0) is 12.6 Å². The molecule has 0 saturated heterocycles. The third-order valence-corrected chi connectivity index (χ3v) is 1.09. The van der Waals surface area contributed by atoms with Gasteiger partial charge in [0.25, 0.3) is 0 Å². The maximum atomic E-state index is 10.1. The van der Waals surface area contributed by atoms with Crippen LogP contribution in [-0.2, 0) is 4.79 Å². The first-order valence-corrected chi connectivity index (χ1v) is 2.44. The normalized spacial score (nSPS) is 22.4. The zero-order valence-corrected chi connectivity index (χ0v) is 4.29. The molecule has 4 heteroatoms. The summed E-state index contributed by atoms with van der Waals surface area (Å²) < 4.78 is 0. The third kappa shape index (κ3) is 2.39. The Morgan fingerprint density at radius 2 is 2.44 bits per heavy atom. The van der Waals surface area contributed by atoms with E-state index >= 15 is 0 Å². The molecular weight excluding hydrogens is 129 g/mol. The molecule has 1 heterocycles. The number of carboxylic acid groups (broad SMARTS) is 1. The fraction of sp³-hybridized carbons (Fsp3) is 0.400. The summed E-state index contributed by atoms with van der Waals surface area (Å²) in [5.41, 5.74) is 0. The standard InChI is InChI=1S/C5H7NO2.Na.H/c7-5(8)4-2-1-3-6-4;;/h1,3-4,6H,2H2,(H,7,8);;. The molecule has 0 aromatic carbocycles. The summed E-state index contributed by atoms with van der Waals surface area (Å²) in [5, 5.41) is 11.0. The van der Waals surface area contributed by atoms with Gasteiger partial charge in [-0.1, -0.05) is 6.08 Å². The second-order valence-electron chi connectivity index (χ2n) is 1.70. The summed E-state index contributed by atoms with van der Waals surface area (Å²) in [4.78, 5) is 10.1. The molecule has 1 atom stereocenters. The molecule has 0 spiro atoms. The minimum absolute atomic E-state index is 0. The Labute approximate surface area is 75.4 Å². The fourth-order valence-electron chi connectivity index (χ4n) is 0.628. The molecular formula is C5H8NNaO2. The van der Waals surface area contributed by atoms with Crippen molar-refractivity contribution >= 4 is 35.5 Å². The van der Waals surface area contributed by atoms with E-state index < -0.39 is 5.97 Å². The monoisotopic (exact) mass is 137 g/mol. The van der Waals surface area contributed by atoms with Crippen molar-refractivity contribution in [3.8, 4) is 0 Å². The van der Waals surface area contributed by atoms with E-state index in [0.29, 0.717) is 6.42 Å². The van der Waals surface area contributed by atoms with Crippen LogP contribution in [0.1, 0.15) is 6.42 Å².